The maximum atomic E-state index is 10.3. The highest BCUT2D eigenvalue weighted by molar-refractivity contribution is 5.84. The molecule has 0 spiro atoms. The molecule has 0 aliphatic rings. The second kappa shape index (κ2) is 3.16. The molecule has 5 nitrogen and oxygen atoms in total. The molecule has 2 N–H and O–H groups in total. The molecule has 0 amide bonds. The fraction of sp³-hybridized carbons (Fsp3) is 0.333. The van der Waals surface area contributed by atoms with Crippen LogP contribution in [0, 0.1) is 0 Å². The van der Waals surface area contributed by atoms with E-state index in [1.165, 1.54) is 12.5 Å². The number of imidazole rings is 1. The Balaban J connectivity index is 2.73. The molecule has 0 unspecified atom stereocenters. The summed E-state index contributed by atoms with van der Waals surface area (Å²) in [6.07, 6.45) is 2.94. The van der Waals surface area contributed by atoms with Gasteiger partial charge in [0.15, 0.2) is 5.69 Å². The Morgan fingerprint density at radius 1 is 1.91 bits per heavy atom. The number of hydrogen-bond donors (Lipinski definition) is 2. The molecule has 1 aromatic heterocycles. The number of hydrogen-bond acceptors (Lipinski definition) is 3. The largest absolute Gasteiger partial charge is 0.476 e. The lowest BCUT2D eigenvalue weighted by atomic mass is 10.5. The van der Waals surface area contributed by atoms with Crippen LogP contribution in [-0.2, 0) is 6.67 Å². The molecule has 5 heteroatoms. The molecule has 0 bridgehead atoms. The molecular weight excluding hydrogens is 146 g/mol. The summed E-state index contributed by atoms with van der Waals surface area (Å²) in [5.41, 5.74) is 0.0697. The lowest BCUT2D eigenvalue weighted by Gasteiger charge is -1.96. The van der Waals surface area contributed by atoms with Gasteiger partial charge in [0.25, 0.3) is 0 Å². The van der Waals surface area contributed by atoms with E-state index in [-0.39, 0.29) is 5.69 Å². The second-order valence-electron chi connectivity index (χ2n) is 2.09. The van der Waals surface area contributed by atoms with Crippen molar-refractivity contribution in [2.75, 3.05) is 7.05 Å². The Hall–Kier alpha value is -1.36. The number of rotatable bonds is 3. The third-order valence-corrected chi connectivity index (χ3v) is 1.19. The number of aromatic carboxylic acids is 1. The molecule has 0 aromatic carbocycles. The van der Waals surface area contributed by atoms with E-state index in [0.29, 0.717) is 6.67 Å². The monoisotopic (exact) mass is 155 g/mol. The minimum absolute atomic E-state index is 0.0697. The van der Waals surface area contributed by atoms with E-state index in [1.807, 2.05) is 0 Å². The summed E-state index contributed by atoms with van der Waals surface area (Å²) in [6, 6.07) is 0. The molecule has 0 fully saturated rings. The van der Waals surface area contributed by atoms with Crippen LogP contribution in [0.5, 0.6) is 0 Å². The van der Waals surface area contributed by atoms with Gasteiger partial charge in [-0.2, -0.15) is 0 Å². The van der Waals surface area contributed by atoms with E-state index in [9.17, 15) is 4.79 Å². The molecule has 0 atom stereocenters. The van der Waals surface area contributed by atoms with Gasteiger partial charge in [-0.25, -0.2) is 9.78 Å². The molecule has 1 rings (SSSR count). The zero-order chi connectivity index (χ0) is 8.27. The Bertz CT molecular complexity index is 256. The fourth-order valence-corrected chi connectivity index (χ4v) is 0.740. The molecule has 11 heavy (non-hydrogen) atoms. The molecule has 0 aliphatic heterocycles. The van der Waals surface area contributed by atoms with Gasteiger partial charge in [-0.1, -0.05) is 0 Å². The highest BCUT2D eigenvalue weighted by atomic mass is 16.4. The lowest BCUT2D eigenvalue weighted by Crippen LogP contribution is -2.11. The lowest BCUT2D eigenvalue weighted by molar-refractivity contribution is 0.0691. The van der Waals surface area contributed by atoms with Crippen LogP contribution in [0.2, 0.25) is 0 Å². The van der Waals surface area contributed by atoms with Crippen molar-refractivity contribution in [2.24, 2.45) is 0 Å². The van der Waals surface area contributed by atoms with E-state index in [0.717, 1.165) is 0 Å². The van der Waals surface area contributed by atoms with E-state index >= 15 is 0 Å². The number of nitrogens with zero attached hydrogens (tertiary/aromatic N) is 2. The first-order valence-electron chi connectivity index (χ1n) is 3.13. The zero-order valence-corrected chi connectivity index (χ0v) is 6.11. The van der Waals surface area contributed by atoms with Gasteiger partial charge in [-0.15, -0.1) is 0 Å². The highest BCUT2D eigenvalue weighted by Crippen LogP contribution is 1.93. The van der Waals surface area contributed by atoms with Crippen LogP contribution < -0.4 is 5.32 Å². The number of nitrogens with one attached hydrogen (secondary N) is 1. The maximum Gasteiger partial charge on any atom is 0.356 e. The fourth-order valence-electron chi connectivity index (χ4n) is 0.740. The van der Waals surface area contributed by atoms with Gasteiger partial charge in [-0.3, -0.25) is 0 Å². The van der Waals surface area contributed by atoms with E-state index in [4.69, 9.17) is 5.11 Å². The number of carbonyl (C=O) groups is 1. The van der Waals surface area contributed by atoms with E-state index < -0.39 is 5.97 Å². The van der Waals surface area contributed by atoms with Crippen molar-refractivity contribution in [3.8, 4) is 0 Å². The topological polar surface area (TPSA) is 67.2 Å². The standard InChI is InChI=1S/C6H9N3O2/c1-7-3-9-2-5(6(10)11)8-4-9/h2,4,7H,3H2,1H3,(H,10,11). The van der Waals surface area contributed by atoms with E-state index in [2.05, 4.69) is 10.3 Å². The SMILES string of the molecule is CNCn1cnc(C(=O)O)c1. The molecule has 0 aliphatic carbocycles. The first-order chi connectivity index (χ1) is 5.24. The third-order valence-electron chi connectivity index (χ3n) is 1.19. The molecule has 1 aromatic rings. The predicted molar refractivity (Wildman–Crippen MR) is 38.2 cm³/mol. The van der Waals surface area contributed by atoms with Crippen LogP contribution in [0.3, 0.4) is 0 Å². The Kier molecular flexibility index (Phi) is 2.22. The first kappa shape index (κ1) is 7.74. The average molecular weight is 155 g/mol. The number of carboxylic acids is 1. The van der Waals surface area contributed by atoms with Gasteiger partial charge in [-0.05, 0) is 7.05 Å². The minimum Gasteiger partial charge on any atom is -0.476 e. The molecule has 0 saturated carbocycles. The van der Waals surface area contributed by atoms with Crippen molar-refractivity contribution in [3.63, 3.8) is 0 Å². The van der Waals surface area contributed by atoms with Crippen molar-refractivity contribution in [1.29, 1.82) is 0 Å². The van der Waals surface area contributed by atoms with Gasteiger partial charge in [0, 0.05) is 6.20 Å². The van der Waals surface area contributed by atoms with Crippen molar-refractivity contribution in [1.82, 2.24) is 14.9 Å². The summed E-state index contributed by atoms with van der Waals surface area (Å²) in [5.74, 6) is -1.00. The van der Waals surface area contributed by atoms with Crippen LogP contribution in [0.4, 0.5) is 0 Å². The first-order valence-corrected chi connectivity index (χ1v) is 3.13. The summed E-state index contributed by atoms with van der Waals surface area (Å²) in [7, 11) is 1.78. The molecular formula is C6H9N3O2. The average Bonchev–Trinajstić information content (AvgIpc) is 2.37. The van der Waals surface area contributed by atoms with Gasteiger partial charge < -0.3 is 15.0 Å². The van der Waals surface area contributed by atoms with Crippen LogP contribution >= 0.6 is 0 Å². The highest BCUT2D eigenvalue weighted by Gasteiger charge is 2.04. The maximum absolute atomic E-state index is 10.3. The van der Waals surface area contributed by atoms with Crippen LogP contribution in [0.1, 0.15) is 10.5 Å². The third kappa shape index (κ3) is 1.78. The zero-order valence-electron chi connectivity index (χ0n) is 6.11. The van der Waals surface area contributed by atoms with Gasteiger partial charge >= 0.3 is 5.97 Å². The quantitative estimate of drug-likeness (QED) is 0.632. The molecule has 1 heterocycles. The Labute approximate surface area is 63.7 Å². The van der Waals surface area contributed by atoms with Crippen molar-refractivity contribution in [2.45, 2.75) is 6.67 Å². The van der Waals surface area contributed by atoms with Crippen molar-refractivity contribution in [3.05, 3.63) is 18.2 Å². The Morgan fingerprint density at radius 2 is 2.64 bits per heavy atom. The smallest absolute Gasteiger partial charge is 0.356 e. The normalized spacial score (nSPS) is 9.91. The van der Waals surface area contributed by atoms with Crippen LogP contribution in [0.25, 0.3) is 0 Å². The second-order valence-corrected chi connectivity index (χ2v) is 2.09. The summed E-state index contributed by atoms with van der Waals surface area (Å²) >= 11 is 0. The number of aromatic nitrogens is 2. The summed E-state index contributed by atoms with van der Waals surface area (Å²) in [4.78, 5) is 14.0. The van der Waals surface area contributed by atoms with Crippen LogP contribution in [-0.4, -0.2) is 27.7 Å². The molecule has 0 radical (unpaired) electrons. The minimum atomic E-state index is -1.00. The number of carboxylic acid groups (broad SMARTS) is 1. The van der Waals surface area contributed by atoms with Gasteiger partial charge in [0.2, 0.25) is 0 Å². The summed E-state index contributed by atoms with van der Waals surface area (Å²) in [6.45, 7) is 0.570. The Morgan fingerprint density at radius 3 is 3.09 bits per heavy atom. The molecule has 60 valence electrons. The predicted octanol–water partition coefficient (Wildman–Crippen LogP) is -0.242. The molecule has 0 saturated heterocycles. The van der Waals surface area contributed by atoms with E-state index in [1.54, 1.807) is 11.6 Å². The summed E-state index contributed by atoms with van der Waals surface area (Å²) < 4.78 is 1.66. The van der Waals surface area contributed by atoms with Crippen molar-refractivity contribution < 1.29 is 9.90 Å². The van der Waals surface area contributed by atoms with Gasteiger partial charge in [0.1, 0.15) is 0 Å². The summed E-state index contributed by atoms with van der Waals surface area (Å²) in [5, 5.41) is 11.3. The van der Waals surface area contributed by atoms with Crippen molar-refractivity contribution >= 4 is 5.97 Å². The van der Waals surface area contributed by atoms with Gasteiger partial charge in [0.05, 0.1) is 13.0 Å². The van der Waals surface area contributed by atoms with Crippen LogP contribution in [0.15, 0.2) is 12.5 Å².